The summed E-state index contributed by atoms with van der Waals surface area (Å²) in [7, 11) is 0. The third-order valence-corrected chi connectivity index (χ3v) is 4.66. The number of ether oxygens (including phenoxy) is 1. The zero-order valence-corrected chi connectivity index (χ0v) is 14.9. The molecule has 28 heavy (non-hydrogen) atoms. The number of hydrogen-bond donors (Lipinski definition) is 2. The van der Waals surface area contributed by atoms with E-state index in [1.54, 1.807) is 6.07 Å². The topological polar surface area (TPSA) is 97.5 Å². The lowest BCUT2D eigenvalue weighted by atomic mass is 9.93. The van der Waals surface area contributed by atoms with Crippen LogP contribution in [0.3, 0.4) is 0 Å². The van der Waals surface area contributed by atoms with Gasteiger partial charge in [0.15, 0.2) is 0 Å². The number of alkyl halides is 2. The number of aromatic nitrogens is 2. The van der Waals surface area contributed by atoms with Crippen LogP contribution in [0.5, 0.6) is 5.88 Å². The Hall–Kier alpha value is -3.23. The van der Waals surface area contributed by atoms with Crippen LogP contribution in [0.4, 0.5) is 13.6 Å². The maximum Gasteiger partial charge on any atom is 0.405 e. The molecule has 3 aromatic rings. The minimum atomic E-state index is -2.98. The van der Waals surface area contributed by atoms with Gasteiger partial charge in [0, 0.05) is 17.5 Å². The van der Waals surface area contributed by atoms with Gasteiger partial charge in [0.25, 0.3) is 0 Å². The summed E-state index contributed by atoms with van der Waals surface area (Å²) in [5.74, 6) is 1.01. The van der Waals surface area contributed by atoms with Gasteiger partial charge in [-0.2, -0.15) is 8.78 Å². The number of furan rings is 1. The number of halogens is 2. The summed E-state index contributed by atoms with van der Waals surface area (Å²) in [6.45, 7) is -1.13. The highest BCUT2D eigenvalue weighted by atomic mass is 19.3. The average molecular weight is 389 g/mol. The summed E-state index contributed by atoms with van der Waals surface area (Å²) in [4.78, 5) is 19.4. The quantitative estimate of drug-likeness (QED) is 0.684. The van der Waals surface area contributed by atoms with Gasteiger partial charge in [-0.1, -0.05) is 0 Å². The van der Waals surface area contributed by atoms with E-state index in [0.717, 1.165) is 35.9 Å². The third kappa shape index (κ3) is 3.47. The molecule has 1 atom stereocenters. The van der Waals surface area contributed by atoms with Gasteiger partial charge in [0.2, 0.25) is 5.88 Å². The van der Waals surface area contributed by atoms with Gasteiger partial charge in [-0.25, -0.2) is 14.8 Å². The maximum atomic E-state index is 12.4. The summed E-state index contributed by atoms with van der Waals surface area (Å²) in [5.41, 5.74) is 3.21. The summed E-state index contributed by atoms with van der Waals surface area (Å²) in [6, 6.07) is 5.08. The number of amides is 1. The number of rotatable bonds is 4. The smallest absolute Gasteiger partial charge is 0.405 e. The first-order chi connectivity index (χ1) is 13.4. The number of hydrogen-bond acceptors (Lipinski definition) is 5. The molecule has 146 valence electrons. The van der Waals surface area contributed by atoms with Gasteiger partial charge >= 0.3 is 12.7 Å². The summed E-state index contributed by atoms with van der Waals surface area (Å²) >= 11 is 0. The SMILES string of the molecule is Cc1cc(-c2cc3c(o2)CCCC3NC(=O)O)c2ncc(OC(F)F)nc2c1. The van der Waals surface area contributed by atoms with Gasteiger partial charge < -0.3 is 19.6 Å². The monoisotopic (exact) mass is 389 g/mol. The Morgan fingerprint density at radius 3 is 2.96 bits per heavy atom. The van der Waals surface area contributed by atoms with Crippen molar-refractivity contribution in [2.75, 3.05) is 0 Å². The standard InChI is InChI=1S/C19H17F2N3O4/c1-9-5-11(17-13(6-9)23-16(8-22-17)28-18(20)21)15-7-10-12(24-19(25)26)3-2-4-14(10)27-15/h5-8,12,18,24H,2-4H2,1H3,(H,25,26). The minimum Gasteiger partial charge on any atom is -0.465 e. The van der Waals surface area contributed by atoms with Crippen LogP contribution in [0.25, 0.3) is 22.4 Å². The van der Waals surface area contributed by atoms with Gasteiger partial charge in [-0.15, -0.1) is 0 Å². The van der Waals surface area contributed by atoms with Gasteiger partial charge in [-0.05, 0) is 43.5 Å². The number of aryl methyl sites for hydroxylation is 2. The first-order valence-corrected chi connectivity index (χ1v) is 8.75. The van der Waals surface area contributed by atoms with Crippen LogP contribution in [-0.4, -0.2) is 27.8 Å². The van der Waals surface area contributed by atoms with Gasteiger partial charge in [0.05, 0.1) is 23.3 Å². The Bertz CT molecular complexity index is 1050. The molecule has 2 N–H and O–H groups in total. The van der Waals surface area contributed by atoms with Crippen molar-refractivity contribution in [1.29, 1.82) is 0 Å². The normalized spacial score (nSPS) is 16.2. The molecule has 0 spiro atoms. The fourth-order valence-corrected chi connectivity index (χ4v) is 3.57. The van der Waals surface area contributed by atoms with Crippen molar-refractivity contribution in [1.82, 2.24) is 15.3 Å². The van der Waals surface area contributed by atoms with E-state index >= 15 is 0 Å². The number of fused-ring (bicyclic) bond motifs is 2. The summed E-state index contributed by atoms with van der Waals surface area (Å²) in [5, 5.41) is 11.6. The first kappa shape index (κ1) is 18.1. The molecule has 0 aliphatic heterocycles. The van der Waals surface area contributed by atoms with Gasteiger partial charge in [-0.3, -0.25) is 0 Å². The van der Waals surface area contributed by atoms with Crippen molar-refractivity contribution < 1.29 is 27.8 Å². The Labute approximate surface area is 158 Å². The lowest BCUT2D eigenvalue weighted by molar-refractivity contribution is -0.0528. The van der Waals surface area contributed by atoms with E-state index in [1.165, 1.54) is 0 Å². The van der Waals surface area contributed by atoms with Crippen LogP contribution < -0.4 is 10.1 Å². The van der Waals surface area contributed by atoms with E-state index in [9.17, 15) is 13.6 Å². The van der Waals surface area contributed by atoms with Crippen LogP contribution in [0.2, 0.25) is 0 Å². The van der Waals surface area contributed by atoms with Crippen molar-refractivity contribution in [2.24, 2.45) is 0 Å². The molecule has 1 amide bonds. The molecule has 9 heteroatoms. The lowest BCUT2D eigenvalue weighted by Gasteiger charge is -2.20. The summed E-state index contributed by atoms with van der Waals surface area (Å²) in [6.07, 6.45) is 2.29. The predicted octanol–water partition coefficient (Wildman–Crippen LogP) is 4.44. The molecule has 0 saturated carbocycles. The fourth-order valence-electron chi connectivity index (χ4n) is 3.57. The van der Waals surface area contributed by atoms with Crippen LogP contribution in [0.15, 0.2) is 28.8 Å². The Balaban J connectivity index is 1.79. The zero-order chi connectivity index (χ0) is 19.8. The molecular weight excluding hydrogens is 372 g/mol. The Morgan fingerprint density at radius 2 is 2.21 bits per heavy atom. The number of nitrogens with zero attached hydrogens (tertiary/aromatic N) is 2. The third-order valence-electron chi connectivity index (χ3n) is 4.66. The predicted molar refractivity (Wildman–Crippen MR) is 95.4 cm³/mol. The van der Waals surface area contributed by atoms with Gasteiger partial charge in [0.1, 0.15) is 11.5 Å². The molecule has 2 heterocycles. The molecule has 0 radical (unpaired) electrons. The fraction of sp³-hybridized carbons (Fsp3) is 0.316. The molecule has 7 nitrogen and oxygen atoms in total. The minimum absolute atomic E-state index is 0.261. The number of carboxylic acid groups (broad SMARTS) is 1. The largest absolute Gasteiger partial charge is 0.465 e. The van der Waals surface area contributed by atoms with Crippen molar-refractivity contribution in [2.45, 2.75) is 38.8 Å². The van der Waals surface area contributed by atoms with E-state index in [0.29, 0.717) is 28.8 Å². The average Bonchev–Trinajstić information content (AvgIpc) is 3.05. The van der Waals surface area contributed by atoms with Crippen molar-refractivity contribution in [3.63, 3.8) is 0 Å². The van der Waals surface area contributed by atoms with Crippen molar-refractivity contribution >= 4 is 17.1 Å². The second kappa shape index (κ2) is 7.06. The number of benzene rings is 1. The summed E-state index contributed by atoms with van der Waals surface area (Å²) < 4.78 is 35.2. The Kier molecular flexibility index (Phi) is 4.58. The molecule has 2 aromatic heterocycles. The van der Waals surface area contributed by atoms with Crippen LogP contribution in [-0.2, 0) is 6.42 Å². The van der Waals surface area contributed by atoms with E-state index in [-0.39, 0.29) is 11.9 Å². The maximum absolute atomic E-state index is 12.4. The Morgan fingerprint density at radius 1 is 1.39 bits per heavy atom. The van der Waals surface area contributed by atoms with E-state index < -0.39 is 12.7 Å². The molecule has 1 aromatic carbocycles. The molecule has 0 bridgehead atoms. The van der Waals surface area contributed by atoms with Crippen molar-refractivity contribution in [3.05, 3.63) is 41.3 Å². The molecule has 1 aliphatic carbocycles. The first-order valence-electron chi connectivity index (χ1n) is 8.75. The van der Waals surface area contributed by atoms with Crippen LogP contribution in [0.1, 0.15) is 35.8 Å². The molecule has 0 saturated heterocycles. The molecule has 0 fully saturated rings. The molecular formula is C19H17F2N3O4. The second-order valence-electron chi connectivity index (χ2n) is 6.65. The van der Waals surface area contributed by atoms with Crippen LogP contribution in [0, 0.1) is 6.92 Å². The second-order valence-corrected chi connectivity index (χ2v) is 6.65. The highest BCUT2D eigenvalue weighted by Gasteiger charge is 2.27. The highest BCUT2D eigenvalue weighted by Crippen LogP contribution is 2.38. The number of nitrogens with one attached hydrogen (secondary N) is 1. The van der Waals surface area contributed by atoms with Crippen molar-refractivity contribution in [3.8, 4) is 17.2 Å². The number of carbonyl (C=O) groups is 1. The molecule has 1 unspecified atom stereocenters. The van der Waals surface area contributed by atoms with E-state index in [4.69, 9.17) is 9.52 Å². The zero-order valence-electron chi connectivity index (χ0n) is 14.9. The molecule has 1 aliphatic rings. The lowest BCUT2D eigenvalue weighted by Crippen LogP contribution is -2.28. The molecule has 4 rings (SSSR count). The van der Waals surface area contributed by atoms with Crippen LogP contribution >= 0.6 is 0 Å². The highest BCUT2D eigenvalue weighted by molar-refractivity contribution is 5.91. The van der Waals surface area contributed by atoms with E-state index in [2.05, 4.69) is 20.0 Å². The van der Waals surface area contributed by atoms with E-state index in [1.807, 2.05) is 19.1 Å².